The Kier molecular flexibility index (Phi) is 6.34. The van der Waals surface area contributed by atoms with Crippen LogP contribution >= 0.6 is 27.5 Å². The molecule has 1 atom stereocenters. The number of halogens is 3. The summed E-state index contributed by atoms with van der Waals surface area (Å²) in [5, 5.41) is 2.85. The molecule has 150 valence electrons. The molecule has 0 fully saturated rings. The molecule has 9 heteroatoms. The van der Waals surface area contributed by atoms with Crippen LogP contribution in [0.2, 0.25) is 5.02 Å². The highest BCUT2D eigenvalue weighted by Gasteiger charge is 2.29. The third kappa shape index (κ3) is 4.65. The first-order valence-electron chi connectivity index (χ1n) is 8.43. The van der Waals surface area contributed by atoms with Crippen LogP contribution in [-0.4, -0.2) is 29.8 Å². The highest BCUT2D eigenvalue weighted by molar-refractivity contribution is 9.10. The van der Waals surface area contributed by atoms with Gasteiger partial charge < -0.3 is 10.1 Å². The fourth-order valence-electron chi connectivity index (χ4n) is 2.89. The number of ether oxygens (including phenoxy) is 1. The summed E-state index contributed by atoms with van der Waals surface area (Å²) in [6.45, 7) is 0. The second-order valence-electron chi connectivity index (χ2n) is 6.19. The lowest BCUT2D eigenvalue weighted by Gasteiger charge is -2.31. The molecule has 0 radical (unpaired) electrons. The Labute approximate surface area is 179 Å². The van der Waals surface area contributed by atoms with E-state index in [0.29, 0.717) is 15.7 Å². The number of carbonyl (C=O) groups is 3. The molecule has 1 aliphatic heterocycles. The van der Waals surface area contributed by atoms with E-state index in [9.17, 15) is 18.8 Å². The summed E-state index contributed by atoms with van der Waals surface area (Å²) in [5.41, 5.74) is 1.000. The summed E-state index contributed by atoms with van der Waals surface area (Å²) in [5.74, 6) is -1.21. The molecule has 2 aromatic carbocycles. The Hall–Kier alpha value is -2.71. The average Bonchev–Trinajstić information content (AvgIpc) is 2.69. The first-order chi connectivity index (χ1) is 13.8. The fourth-order valence-corrected chi connectivity index (χ4v) is 3.70. The van der Waals surface area contributed by atoms with Gasteiger partial charge in [-0.3, -0.25) is 9.69 Å². The van der Waals surface area contributed by atoms with Crippen molar-refractivity contribution in [3.05, 3.63) is 75.1 Å². The number of benzene rings is 2. The van der Waals surface area contributed by atoms with E-state index in [4.69, 9.17) is 11.6 Å². The van der Waals surface area contributed by atoms with Crippen LogP contribution in [0, 0.1) is 5.82 Å². The number of methoxy groups -OCH3 is 1. The van der Waals surface area contributed by atoms with Crippen molar-refractivity contribution in [1.29, 1.82) is 0 Å². The van der Waals surface area contributed by atoms with Gasteiger partial charge in [0.05, 0.1) is 29.4 Å². The van der Waals surface area contributed by atoms with Crippen molar-refractivity contribution in [3.63, 3.8) is 0 Å². The number of anilines is 1. The smallest absolute Gasteiger partial charge is 0.339 e. The number of hydrogen-bond acceptors (Lipinski definition) is 4. The van der Waals surface area contributed by atoms with Gasteiger partial charge in [0.2, 0.25) is 0 Å². The van der Waals surface area contributed by atoms with Crippen LogP contribution in [0.25, 0.3) is 0 Å². The number of nitrogens with one attached hydrogen (secondary N) is 1. The van der Waals surface area contributed by atoms with E-state index in [1.54, 1.807) is 0 Å². The highest BCUT2D eigenvalue weighted by Crippen LogP contribution is 2.33. The van der Waals surface area contributed by atoms with Gasteiger partial charge in [0.15, 0.2) is 5.78 Å². The minimum absolute atomic E-state index is 0.0603. The van der Waals surface area contributed by atoms with Crippen LogP contribution in [-0.2, 0) is 9.53 Å². The van der Waals surface area contributed by atoms with Crippen molar-refractivity contribution < 1.29 is 23.5 Å². The van der Waals surface area contributed by atoms with Gasteiger partial charge in [0.1, 0.15) is 5.82 Å². The molecule has 0 spiro atoms. The Morgan fingerprint density at radius 3 is 2.62 bits per heavy atom. The molecule has 0 aliphatic carbocycles. The maximum atomic E-state index is 13.3. The number of nitrogens with zero attached hydrogens (tertiary/aromatic N) is 1. The number of allylic oxidation sites excluding steroid dienone is 1. The summed E-state index contributed by atoms with van der Waals surface area (Å²) >= 11 is 9.36. The molecule has 6 nitrogen and oxygen atoms in total. The second-order valence-corrected chi connectivity index (χ2v) is 7.46. The molecule has 0 saturated heterocycles. The number of hydrogen-bond donors (Lipinski definition) is 1. The first-order valence-corrected chi connectivity index (χ1v) is 9.60. The summed E-state index contributed by atoms with van der Waals surface area (Å²) in [4.78, 5) is 38.0. The van der Waals surface area contributed by atoms with E-state index >= 15 is 0 Å². The van der Waals surface area contributed by atoms with Crippen molar-refractivity contribution in [2.24, 2.45) is 0 Å². The third-order valence-corrected chi connectivity index (χ3v) is 5.31. The van der Waals surface area contributed by atoms with E-state index in [2.05, 4.69) is 26.0 Å². The molecule has 29 heavy (non-hydrogen) atoms. The number of rotatable bonds is 3. The van der Waals surface area contributed by atoms with E-state index in [1.807, 2.05) is 0 Å². The highest BCUT2D eigenvalue weighted by atomic mass is 79.9. The monoisotopic (exact) mass is 480 g/mol. The zero-order valence-electron chi connectivity index (χ0n) is 15.1. The van der Waals surface area contributed by atoms with Crippen LogP contribution in [0.5, 0.6) is 0 Å². The molecule has 0 aromatic heterocycles. The lowest BCUT2D eigenvalue weighted by Crippen LogP contribution is -2.37. The van der Waals surface area contributed by atoms with E-state index < -0.39 is 23.9 Å². The van der Waals surface area contributed by atoms with Crippen molar-refractivity contribution in [1.82, 2.24) is 4.90 Å². The molecular weight excluding hydrogens is 467 g/mol. The second kappa shape index (κ2) is 8.75. The largest absolute Gasteiger partial charge is 0.465 e. The number of carbonyl (C=O) groups excluding carboxylic acids is 3. The SMILES string of the molecule is COC(=O)c1cc(NC(=O)N2C=CC(=O)CC2c2ccc(F)cc2)c(Br)cc1Cl. The predicted octanol–water partition coefficient (Wildman–Crippen LogP) is 5.09. The molecule has 1 unspecified atom stereocenters. The van der Waals surface area contributed by atoms with Gasteiger partial charge in [-0.05, 0) is 51.8 Å². The summed E-state index contributed by atoms with van der Waals surface area (Å²) in [6.07, 6.45) is 2.74. The molecule has 1 aliphatic rings. The number of amides is 2. The van der Waals surface area contributed by atoms with E-state index in [-0.39, 0.29) is 22.8 Å². The zero-order chi connectivity index (χ0) is 21.1. The maximum Gasteiger partial charge on any atom is 0.339 e. The average molecular weight is 482 g/mol. The Balaban J connectivity index is 1.90. The number of urea groups is 1. The predicted molar refractivity (Wildman–Crippen MR) is 109 cm³/mol. The number of esters is 1. The number of ketones is 1. The minimum atomic E-state index is -0.648. The normalized spacial score (nSPS) is 15.9. The van der Waals surface area contributed by atoms with Crippen molar-refractivity contribution in [2.75, 3.05) is 12.4 Å². The molecule has 2 amide bonds. The van der Waals surface area contributed by atoms with Gasteiger partial charge >= 0.3 is 12.0 Å². The zero-order valence-corrected chi connectivity index (χ0v) is 17.5. The molecule has 3 rings (SSSR count). The van der Waals surface area contributed by atoms with Crippen molar-refractivity contribution in [3.8, 4) is 0 Å². The molecule has 1 N–H and O–H groups in total. The fraction of sp³-hybridized carbons (Fsp3) is 0.150. The minimum Gasteiger partial charge on any atom is -0.465 e. The lowest BCUT2D eigenvalue weighted by atomic mass is 9.97. The molecule has 1 heterocycles. The van der Waals surface area contributed by atoms with Gasteiger partial charge in [-0.25, -0.2) is 14.0 Å². The molecule has 2 aromatic rings. The van der Waals surface area contributed by atoms with Crippen molar-refractivity contribution in [2.45, 2.75) is 12.5 Å². The van der Waals surface area contributed by atoms with Crippen LogP contribution in [0.3, 0.4) is 0 Å². The summed E-state index contributed by atoms with van der Waals surface area (Å²) < 4.78 is 18.4. The van der Waals surface area contributed by atoms with Crippen LogP contribution in [0.4, 0.5) is 14.9 Å². The topological polar surface area (TPSA) is 75.7 Å². The summed E-state index contributed by atoms with van der Waals surface area (Å²) in [7, 11) is 1.22. The van der Waals surface area contributed by atoms with Gasteiger partial charge in [-0.1, -0.05) is 23.7 Å². The first kappa shape index (κ1) is 21.0. The van der Waals surface area contributed by atoms with Gasteiger partial charge in [-0.2, -0.15) is 0 Å². The van der Waals surface area contributed by atoms with Gasteiger partial charge in [0, 0.05) is 17.1 Å². The van der Waals surface area contributed by atoms with Crippen molar-refractivity contribution >= 4 is 51.0 Å². The Bertz CT molecular complexity index is 1010. The molecule has 0 bridgehead atoms. The van der Waals surface area contributed by atoms with Crippen LogP contribution in [0.15, 0.2) is 53.1 Å². The Morgan fingerprint density at radius 2 is 1.97 bits per heavy atom. The van der Waals surface area contributed by atoms with Gasteiger partial charge in [-0.15, -0.1) is 0 Å². The van der Waals surface area contributed by atoms with Gasteiger partial charge in [0.25, 0.3) is 0 Å². The summed E-state index contributed by atoms with van der Waals surface area (Å²) in [6, 6.07) is 7.32. The maximum absolute atomic E-state index is 13.3. The molecule has 0 saturated carbocycles. The third-order valence-electron chi connectivity index (χ3n) is 4.34. The van der Waals surface area contributed by atoms with E-state index in [0.717, 1.165) is 0 Å². The van der Waals surface area contributed by atoms with Crippen LogP contribution in [0.1, 0.15) is 28.4 Å². The Morgan fingerprint density at radius 1 is 1.28 bits per heavy atom. The lowest BCUT2D eigenvalue weighted by molar-refractivity contribution is -0.116. The quantitative estimate of drug-likeness (QED) is 0.620. The standard InChI is InChI=1S/C20H15BrClFN2O4/c1-29-19(27)14-9-17(15(21)10-16(14)22)24-20(28)25-7-6-13(26)8-18(25)11-2-4-12(23)5-3-11/h2-7,9-10,18H,8H2,1H3,(H,24,28). The van der Waals surface area contributed by atoms with Crippen LogP contribution < -0.4 is 5.32 Å². The van der Waals surface area contributed by atoms with E-state index in [1.165, 1.54) is 60.7 Å². The molecular formula is C20H15BrClFN2O4.